The molecule has 0 spiro atoms. The first-order valence-corrected chi connectivity index (χ1v) is 9.51. The van der Waals surface area contributed by atoms with Crippen molar-refractivity contribution >= 4 is 10.2 Å². The van der Waals surface area contributed by atoms with Crippen LogP contribution in [0.3, 0.4) is 0 Å². The summed E-state index contributed by atoms with van der Waals surface area (Å²) in [6.07, 6.45) is 5.75. The number of rotatable bonds is 3. The number of benzene rings is 1. The summed E-state index contributed by atoms with van der Waals surface area (Å²) >= 11 is 0. The molecule has 1 aromatic rings. The van der Waals surface area contributed by atoms with Crippen LogP contribution >= 0.6 is 0 Å². The van der Waals surface area contributed by atoms with Gasteiger partial charge in [0.1, 0.15) is 5.82 Å². The van der Waals surface area contributed by atoms with E-state index in [1.807, 2.05) is 0 Å². The Morgan fingerprint density at radius 2 is 1.55 bits per heavy atom. The fraction of sp³-hybridized carbons (Fsp3) is 0.625. The number of halogens is 1. The molecule has 0 radical (unpaired) electrons. The Labute approximate surface area is 132 Å². The van der Waals surface area contributed by atoms with E-state index in [1.165, 1.54) is 12.1 Å². The molecular weight excluding hydrogens is 303 g/mol. The molecule has 22 heavy (non-hydrogen) atoms. The Hall–Kier alpha value is -0.980. The molecule has 6 heteroatoms. The van der Waals surface area contributed by atoms with Crippen LogP contribution in [0.1, 0.15) is 50.1 Å². The van der Waals surface area contributed by atoms with E-state index in [0.717, 1.165) is 44.1 Å². The minimum atomic E-state index is -3.42. The van der Waals surface area contributed by atoms with E-state index in [0.29, 0.717) is 19.6 Å². The lowest BCUT2D eigenvalue weighted by Crippen LogP contribution is -2.43. The van der Waals surface area contributed by atoms with Gasteiger partial charge in [-0.1, -0.05) is 25.0 Å². The van der Waals surface area contributed by atoms with Crippen LogP contribution in [0.4, 0.5) is 4.39 Å². The van der Waals surface area contributed by atoms with Crippen molar-refractivity contribution < 1.29 is 12.8 Å². The van der Waals surface area contributed by atoms with Gasteiger partial charge in [0, 0.05) is 19.6 Å². The van der Waals surface area contributed by atoms with E-state index in [2.05, 4.69) is 0 Å². The fourth-order valence-corrected chi connectivity index (χ4v) is 5.38. The number of hydrogen-bond donors (Lipinski definition) is 0. The summed E-state index contributed by atoms with van der Waals surface area (Å²) in [7, 11) is -3.42. The van der Waals surface area contributed by atoms with Crippen molar-refractivity contribution in [2.45, 2.75) is 44.6 Å². The molecule has 1 atom stereocenters. The van der Waals surface area contributed by atoms with Crippen molar-refractivity contribution in [1.82, 2.24) is 8.61 Å². The average molecular weight is 326 g/mol. The molecule has 0 aromatic heterocycles. The third kappa shape index (κ3) is 3.19. The second-order valence-corrected chi connectivity index (χ2v) is 8.02. The highest BCUT2D eigenvalue weighted by Gasteiger charge is 2.38. The molecule has 3 rings (SSSR count). The Morgan fingerprint density at radius 3 is 2.18 bits per heavy atom. The van der Waals surface area contributed by atoms with E-state index >= 15 is 0 Å². The first-order valence-electron chi connectivity index (χ1n) is 8.11. The van der Waals surface area contributed by atoms with Crippen molar-refractivity contribution in [3.8, 4) is 0 Å². The van der Waals surface area contributed by atoms with Crippen LogP contribution in [0.5, 0.6) is 0 Å². The summed E-state index contributed by atoms with van der Waals surface area (Å²) < 4.78 is 42.3. The van der Waals surface area contributed by atoms with Gasteiger partial charge in [0.15, 0.2) is 0 Å². The summed E-state index contributed by atoms with van der Waals surface area (Å²) in [6.45, 7) is 1.80. The molecule has 2 heterocycles. The molecule has 0 N–H and O–H groups in total. The molecular formula is C16H23FN2O2S. The van der Waals surface area contributed by atoms with Gasteiger partial charge in [-0.25, -0.2) is 4.39 Å². The molecule has 0 amide bonds. The fourth-order valence-electron chi connectivity index (χ4n) is 3.46. The molecule has 2 aliphatic heterocycles. The molecule has 2 saturated heterocycles. The van der Waals surface area contributed by atoms with Crippen molar-refractivity contribution in [3.63, 3.8) is 0 Å². The topological polar surface area (TPSA) is 40.6 Å². The van der Waals surface area contributed by atoms with Gasteiger partial charge < -0.3 is 0 Å². The molecule has 122 valence electrons. The summed E-state index contributed by atoms with van der Waals surface area (Å²) in [5.41, 5.74) is 0.886. The van der Waals surface area contributed by atoms with Gasteiger partial charge in [0.25, 0.3) is 10.2 Å². The lowest BCUT2D eigenvalue weighted by Gasteiger charge is -2.30. The van der Waals surface area contributed by atoms with E-state index in [-0.39, 0.29) is 11.9 Å². The largest absolute Gasteiger partial charge is 0.282 e. The molecule has 1 aromatic carbocycles. The van der Waals surface area contributed by atoms with E-state index in [4.69, 9.17) is 0 Å². The third-order valence-corrected chi connectivity index (χ3v) is 6.69. The highest BCUT2D eigenvalue weighted by Crippen LogP contribution is 2.35. The zero-order valence-electron chi connectivity index (χ0n) is 12.7. The van der Waals surface area contributed by atoms with Gasteiger partial charge in [0.05, 0.1) is 6.04 Å². The van der Waals surface area contributed by atoms with Gasteiger partial charge in [-0.2, -0.15) is 17.0 Å². The monoisotopic (exact) mass is 326 g/mol. The Bertz CT molecular complexity index is 595. The van der Waals surface area contributed by atoms with E-state index < -0.39 is 10.2 Å². The average Bonchev–Trinajstić information content (AvgIpc) is 2.83. The molecule has 4 nitrogen and oxygen atoms in total. The number of hydrogen-bond acceptors (Lipinski definition) is 2. The first kappa shape index (κ1) is 15.9. The van der Waals surface area contributed by atoms with Crippen LogP contribution in [-0.4, -0.2) is 36.7 Å². The van der Waals surface area contributed by atoms with Crippen LogP contribution in [0.2, 0.25) is 0 Å². The number of nitrogens with zero attached hydrogens (tertiary/aromatic N) is 2. The summed E-state index contributed by atoms with van der Waals surface area (Å²) in [5, 5.41) is 0. The molecule has 2 aliphatic rings. The zero-order chi connectivity index (χ0) is 15.6. The van der Waals surface area contributed by atoms with Crippen LogP contribution in [0, 0.1) is 5.82 Å². The first-order chi connectivity index (χ1) is 10.6. The highest BCUT2D eigenvalue weighted by atomic mass is 32.2. The van der Waals surface area contributed by atoms with Crippen LogP contribution < -0.4 is 0 Å². The van der Waals surface area contributed by atoms with Gasteiger partial charge in [-0.05, 0) is 43.4 Å². The smallest absolute Gasteiger partial charge is 0.207 e. The lowest BCUT2D eigenvalue weighted by atomic mass is 10.1. The second-order valence-electron chi connectivity index (χ2n) is 6.14. The van der Waals surface area contributed by atoms with Gasteiger partial charge in [-0.3, -0.25) is 0 Å². The normalized spacial score (nSPS) is 25.2. The molecule has 2 fully saturated rings. The molecule has 0 saturated carbocycles. The van der Waals surface area contributed by atoms with Crippen molar-refractivity contribution in [2.24, 2.45) is 0 Å². The summed E-state index contributed by atoms with van der Waals surface area (Å²) in [4.78, 5) is 0. The minimum Gasteiger partial charge on any atom is -0.207 e. The Kier molecular flexibility index (Phi) is 4.80. The second kappa shape index (κ2) is 6.64. The lowest BCUT2D eigenvalue weighted by molar-refractivity contribution is 0.330. The Morgan fingerprint density at radius 1 is 0.909 bits per heavy atom. The van der Waals surface area contributed by atoms with Crippen molar-refractivity contribution in [1.29, 1.82) is 0 Å². The standard InChI is InChI=1S/C16H23FN2O2S/c17-15-9-7-14(8-10-15)16-6-5-13-19(16)22(20,21)18-11-3-1-2-4-12-18/h7-10,16H,1-6,11-13H2/t16-/m0/s1. The Balaban J connectivity index is 1.83. The van der Waals surface area contributed by atoms with Crippen LogP contribution in [0.15, 0.2) is 24.3 Å². The molecule has 0 aliphatic carbocycles. The molecule has 0 bridgehead atoms. The maximum atomic E-state index is 13.1. The van der Waals surface area contributed by atoms with Crippen LogP contribution in [-0.2, 0) is 10.2 Å². The highest BCUT2D eigenvalue weighted by molar-refractivity contribution is 7.86. The van der Waals surface area contributed by atoms with E-state index in [1.54, 1.807) is 20.7 Å². The van der Waals surface area contributed by atoms with E-state index in [9.17, 15) is 12.8 Å². The predicted octanol–water partition coefficient (Wildman–Crippen LogP) is 3.08. The quantitative estimate of drug-likeness (QED) is 0.856. The van der Waals surface area contributed by atoms with Gasteiger partial charge in [-0.15, -0.1) is 0 Å². The maximum absolute atomic E-state index is 13.1. The maximum Gasteiger partial charge on any atom is 0.282 e. The van der Waals surface area contributed by atoms with Crippen LogP contribution in [0.25, 0.3) is 0 Å². The summed E-state index contributed by atoms with van der Waals surface area (Å²) in [5.74, 6) is -0.288. The SMILES string of the molecule is O=S(=O)(N1CCCCCC1)N1CCC[C@H]1c1ccc(F)cc1. The molecule has 0 unspecified atom stereocenters. The third-order valence-electron chi connectivity index (χ3n) is 4.65. The summed E-state index contributed by atoms with van der Waals surface area (Å²) in [6, 6.07) is 6.07. The van der Waals surface area contributed by atoms with Gasteiger partial charge >= 0.3 is 0 Å². The van der Waals surface area contributed by atoms with Gasteiger partial charge in [0.2, 0.25) is 0 Å². The predicted molar refractivity (Wildman–Crippen MR) is 84.0 cm³/mol. The minimum absolute atomic E-state index is 0.158. The zero-order valence-corrected chi connectivity index (χ0v) is 13.6. The van der Waals surface area contributed by atoms with Crippen molar-refractivity contribution in [3.05, 3.63) is 35.6 Å². The van der Waals surface area contributed by atoms with Crippen molar-refractivity contribution in [2.75, 3.05) is 19.6 Å².